The van der Waals surface area contributed by atoms with Crippen molar-refractivity contribution in [3.8, 4) is 5.75 Å². The van der Waals surface area contributed by atoms with Crippen LogP contribution < -0.4 is 15.8 Å². The number of methoxy groups -OCH3 is 1. The molecule has 0 aliphatic heterocycles. The second-order valence-electron chi connectivity index (χ2n) is 5.89. The van der Waals surface area contributed by atoms with Crippen molar-refractivity contribution in [1.29, 1.82) is 0 Å². The van der Waals surface area contributed by atoms with Gasteiger partial charge in [-0.05, 0) is 42.0 Å². The number of nitrogens with one attached hydrogen (secondary N) is 1. The summed E-state index contributed by atoms with van der Waals surface area (Å²) in [6.45, 7) is 0. The molecule has 0 aliphatic carbocycles. The number of hydrogen-bond acceptors (Lipinski definition) is 4. The highest BCUT2D eigenvalue weighted by Gasteiger charge is 2.16. The van der Waals surface area contributed by atoms with Crippen molar-refractivity contribution in [3.63, 3.8) is 0 Å². The van der Waals surface area contributed by atoms with E-state index >= 15 is 0 Å². The number of anilines is 1. The molecule has 0 fully saturated rings. The van der Waals surface area contributed by atoms with Gasteiger partial charge in [0.05, 0.1) is 12.7 Å². The molecule has 0 saturated carbocycles. The van der Waals surface area contributed by atoms with Crippen molar-refractivity contribution in [2.75, 3.05) is 12.4 Å². The highest BCUT2D eigenvalue weighted by Crippen LogP contribution is 2.23. The van der Waals surface area contributed by atoms with E-state index in [0.717, 1.165) is 11.3 Å². The lowest BCUT2D eigenvalue weighted by Gasteiger charge is -2.13. The van der Waals surface area contributed by atoms with E-state index in [9.17, 15) is 9.59 Å². The lowest BCUT2D eigenvalue weighted by molar-refractivity contribution is 0.1000. The number of nitrogens with two attached hydrogens (primary N) is 1. The fraction of sp³-hybridized carbons (Fsp3) is 0.0952. The molecular weight excluding hydrogens is 342 g/mol. The van der Waals surface area contributed by atoms with Crippen LogP contribution in [-0.4, -0.2) is 23.9 Å². The molecule has 2 amide bonds. The average molecular weight is 361 g/mol. The van der Waals surface area contributed by atoms with E-state index in [0.29, 0.717) is 17.9 Å². The molecule has 3 aromatic rings. The number of carbonyl (C=O) groups is 2. The Kier molecular flexibility index (Phi) is 5.47. The minimum atomic E-state index is -0.609. The largest absolute Gasteiger partial charge is 0.496 e. The molecule has 6 nitrogen and oxygen atoms in total. The highest BCUT2D eigenvalue weighted by atomic mass is 16.5. The van der Waals surface area contributed by atoms with Crippen molar-refractivity contribution in [3.05, 3.63) is 89.2 Å². The number of primary amides is 1. The number of benzene rings is 2. The maximum absolute atomic E-state index is 12.8. The summed E-state index contributed by atoms with van der Waals surface area (Å²) in [5, 5.41) is 2.89. The summed E-state index contributed by atoms with van der Waals surface area (Å²) in [5.41, 5.74) is 8.28. The van der Waals surface area contributed by atoms with Crippen LogP contribution in [0.2, 0.25) is 0 Å². The number of aromatic nitrogens is 1. The van der Waals surface area contributed by atoms with Gasteiger partial charge in [0.25, 0.3) is 5.91 Å². The lowest BCUT2D eigenvalue weighted by atomic mass is 10.1. The van der Waals surface area contributed by atoms with Crippen LogP contribution in [0.4, 0.5) is 5.69 Å². The SMILES string of the molecule is COc1ccc(C(N)=O)cc1C(=O)Nc1ccccc1Cc1ccccn1. The number of amides is 2. The molecule has 27 heavy (non-hydrogen) atoms. The van der Waals surface area contributed by atoms with Crippen molar-refractivity contribution in [1.82, 2.24) is 4.98 Å². The normalized spacial score (nSPS) is 10.3. The minimum absolute atomic E-state index is 0.237. The van der Waals surface area contributed by atoms with Gasteiger partial charge >= 0.3 is 0 Å². The fourth-order valence-electron chi connectivity index (χ4n) is 2.72. The summed E-state index contributed by atoms with van der Waals surface area (Å²) in [6.07, 6.45) is 2.31. The summed E-state index contributed by atoms with van der Waals surface area (Å²) in [4.78, 5) is 28.6. The molecule has 0 bridgehead atoms. The van der Waals surface area contributed by atoms with Gasteiger partial charge in [-0.25, -0.2) is 0 Å². The molecule has 0 atom stereocenters. The zero-order valence-corrected chi connectivity index (χ0v) is 14.8. The Labute approximate surface area is 157 Å². The zero-order valence-electron chi connectivity index (χ0n) is 14.8. The Balaban J connectivity index is 1.89. The van der Waals surface area contributed by atoms with E-state index in [1.165, 1.54) is 19.2 Å². The summed E-state index contributed by atoms with van der Waals surface area (Å²) >= 11 is 0. The van der Waals surface area contributed by atoms with Gasteiger partial charge in [0, 0.05) is 29.6 Å². The standard InChI is InChI=1S/C21H19N3O3/c1-27-19-10-9-15(20(22)25)13-17(19)21(26)24-18-8-3-2-6-14(18)12-16-7-4-5-11-23-16/h2-11,13H,12H2,1H3,(H2,22,25)(H,24,26). The second-order valence-corrected chi connectivity index (χ2v) is 5.89. The Bertz CT molecular complexity index is 971. The van der Waals surface area contributed by atoms with E-state index in [-0.39, 0.29) is 17.0 Å². The summed E-state index contributed by atoms with van der Waals surface area (Å²) in [5.74, 6) is -0.634. The van der Waals surface area contributed by atoms with Crippen LogP contribution in [0.1, 0.15) is 32.0 Å². The number of nitrogens with zero attached hydrogens (tertiary/aromatic N) is 1. The molecule has 136 valence electrons. The number of pyridine rings is 1. The molecule has 0 spiro atoms. The summed E-state index contributed by atoms with van der Waals surface area (Å²) < 4.78 is 5.24. The van der Waals surface area contributed by atoms with Crippen LogP contribution in [0.15, 0.2) is 66.9 Å². The number of carbonyl (C=O) groups excluding carboxylic acids is 2. The van der Waals surface area contributed by atoms with Crippen molar-refractivity contribution in [2.24, 2.45) is 5.73 Å². The molecule has 1 heterocycles. The second kappa shape index (κ2) is 8.14. The van der Waals surface area contributed by atoms with Gasteiger partial charge in [-0.2, -0.15) is 0 Å². The predicted octanol–water partition coefficient (Wildman–Crippen LogP) is 3.03. The third kappa shape index (κ3) is 4.30. The summed E-state index contributed by atoms with van der Waals surface area (Å²) in [6, 6.07) is 17.7. The van der Waals surface area contributed by atoms with E-state index in [1.807, 2.05) is 42.5 Å². The van der Waals surface area contributed by atoms with Crippen LogP contribution >= 0.6 is 0 Å². The fourth-order valence-corrected chi connectivity index (χ4v) is 2.72. The topological polar surface area (TPSA) is 94.3 Å². The van der Waals surface area contributed by atoms with Crippen molar-refractivity contribution < 1.29 is 14.3 Å². The number of para-hydroxylation sites is 1. The van der Waals surface area contributed by atoms with Gasteiger partial charge in [0.1, 0.15) is 5.75 Å². The number of ether oxygens (including phenoxy) is 1. The van der Waals surface area contributed by atoms with Gasteiger partial charge in [0.15, 0.2) is 0 Å². The van der Waals surface area contributed by atoms with Crippen LogP contribution in [0.5, 0.6) is 5.75 Å². The third-order valence-corrected chi connectivity index (χ3v) is 4.09. The molecule has 1 aromatic heterocycles. The van der Waals surface area contributed by atoms with Crippen LogP contribution in [-0.2, 0) is 6.42 Å². The maximum Gasteiger partial charge on any atom is 0.259 e. The molecular formula is C21H19N3O3. The van der Waals surface area contributed by atoms with Gasteiger partial charge < -0.3 is 15.8 Å². The average Bonchev–Trinajstić information content (AvgIpc) is 2.69. The smallest absolute Gasteiger partial charge is 0.259 e. The Morgan fingerprint density at radius 2 is 1.85 bits per heavy atom. The van der Waals surface area contributed by atoms with Crippen LogP contribution in [0.25, 0.3) is 0 Å². The molecule has 2 aromatic carbocycles. The third-order valence-electron chi connectivity index (χ3n) is 4.09. The van der Waals surface area contributed by atoms with Crippen molar-refractivity contribution in [2.45, 2.75) is 6.42 Å². The van der Waals surface area contributed by atoms with Crippen LogP contribution in [0, 0.1) is 0 Å². The predicted molar refractivity (Wildman–Crippen MR) is 103 cm³/mol. The Morgan fingerprint density at radius 1 is 1.07 bits per heavy atom. The molecule has 3 N–H and O–H groups in total. The van der Waals surface area contributed by atoms with Crippen molar-refractivity contribution >= 4 is 17.5 Å². The Morgan fingerprint density at radius 3 is 2.56 bits per heavy atom. The first-order valence-corrected chi connectivity index (χ1v) is 8.35. The highest BCUT2D eigenvalue weighted by molar-refractivity contribution is 6.08. The van der Waals surface area contributed by atoms with Gasteiger partial charge in [-0.1, -0.05) is 24.3 Å². The van der Waals surface area contributed by atoms with Crippen LogP contribution in [0.3, 0.4) is 0 Å². The summed E-state index contributed by atoms with van der Waals surface area (Å²) in [7, 11) is 1.46. The van der Waals surface area contributed by atoms with Gasteiger partial charge in [-0.3, -0.25) is 14.6 Å². The molecule has 3 rings (SSSR count). The number of rotatable bonds is 6. The van der Waals surface area contributed by atoms with E-state index in [4.69, 9.17) is 10.5 Å². The maximum atomic E-state index is 12.8. The molecule has 0 aliphatic rings. The molecule has 6 heteroatoms. The van der Waals surface area contributed by atoms with Gasteiger partial charge in [-0.15, -0.1) is 0 Å². The first-order valence-electron chi connectivity index (χ1n) is 8.35. The molecule has 0 radical (unpaired) electrons. The monoisotopic (exact) mass is 361 g/mol. The lowest BCUT2D eigenvalue weighted by Crippen LogP contribution is -2.17. The Hall–Kier alpha value is -3.67. The molecule has 0 unspecified atom stereocenters. The molecule has 0 saturated heterocycles. The quantitative estimate of drug-likeness (QED) is 0.705. The van der Waals surface area contributed by atoms with E-state index in [2.05, 4.69) is 10.3 Å². The number of hydrogen-bond donors (Lipinski definition) is 2. The first-order chi connectivity index (χ1) is 13.1. The van der Waals surface area contributed by atoms with E-state index in [1.54, 1.807) is 12.3 Å². The zero-order chi connectivity index (χ0) is 19.2. The van der Waals surface area contributed by atoms with Gasteiger partial charge in [0.2, 0.25) is 5.91 Å². The minimum Gasteiger partial charge on any atom is -0.496 e. The first kappa shape index (κ1) is 18.1. The van der Waals surface area contributed by atoms with E-state index < -0.39 is 5.91 Å².